The molecule has 0 aliphatic rings. The Kier molecular flexibility index (Phi) is 6.89. The molecule has 1 rings (SSSR count). The van der Waals surface area contributed by atoms with Gasteiger partial charge in [-0.3, -0.25) is 0 Å². The highest BCUT2D eigenvalue weighted by molar-refractivity contribution is 5.27. The SMILES string of the molecule is CCCCc1ccc(OCCCC(C)(N)CO)cc1. The number of benzene rings is 1. The summed E-state index contributed by atoms with van der Waals surface area (Å²) in [5, 5.41) is 9.05. The first-order valence-electron chi connectivity index (χ1n) is 7.19. The van der Waals surface area contributed by atoms with E-state index in [0.29, 0.717) is 6.61 Å². The van der Waals surface area contributed by atoms with Crippen LogP contribution in [0, 0.1) is 0 Å². The zero-order valence-electron chi connectivity index (χ0n) is 12.2. The molecule has 0 aromatic heterocycles. The molecule has 1 aromatic carbocycles. The van der Waals surface area contributed by atoms with Crippen molar-refractivity contribution >= 4 is 0 Å². The van der Waals surface area contributed by atoms with E-state index in [1.54, 1.807) is 0 Å². The normalized spacial score (nSPS) is 14.1. The summed E-state index contributed by atoms with van der Waals surface area (Å²) in [4.78, 5) is 0. The molecular formula is C16H27NO2. The Morgan fingerprint density at radius 1 is 1.21 bits per heavy atom. The number of aliphatic hydroxyl groups excluding tert-OH is 1. The van der Waals surface area contributed by atoms with Gasteiger partial charge in [-0.2, -0.15) is 0 Å². The van der Waals surface area contributed by atoms with Crippen LogP contribution in [0.15, 0.2) is 24.3 Å². The topological polar surface area (TPSA) is 55.5 Å². The largest absolute Gasteiger partial charge is 0.494 e. The number of aryl methyl sites for hydroxylation is 1. The summed E-state index contributed by atoms with van der Waals surface area (Å²) in [5.41, 5.74) is 6.73. The van der Waals surface area contributed by atoms with Crippen molar-refractivity contribution in [3.05, 3.63) is 29.8 Å². The molecule has 19 heavy (non-hydrogen) atoms. The molecule has 0 aliphatic heterocycles. The number of hydrogen-bond acceptors (Lipinski definition) is 3. The lowest BCUT2D eigenvalue weighted by Crippen LogP contribution is -2.40. The first-order valence-corrected chi connectivity index (χ1v) is 7.19. The Labute approximate surface area is 116 Å². The van der Waals surface area contributed by atoms with Crippen LogP contribution in [0.5, 0.6) is 5.75 Å². The number of rotatable bonds is 9. The van der Waals surface area contributed by atoms with Gasteiger partial charge in [-0.25, -0.2) is 0 Å². The van der Waals surface area contributed by atoms with E-state index in [-0.39, 0.29) is 6.61 Å². The van der Waals surface area contributed by atoms with E-state index in [4.69, 9.17) is 15.6 Å². The monoisotopic (exact) mass is 265 g/mol. The van der Waals surface area contributed by atoms with Gasteiger partial charge in [0.1, 0.15) is 5.75 Å². The molecule has 0 saturated carbocycles. The highest BCUT2D eigenvalue weighted by atomic mass is 16.5. The summed E-state index contributed by atoms with van der Waals surface area (Å²) in [6.07, 6.45) is 5.21. The molecule has 3 N–H and O–H groups in total. The number of nitrogens with two attached hydrogens (primary N) is 1. The predicted octanol–water partition coefficient (Wildman–Crippen LogP) is 2.90. The van der Waals surface area contributed by atoms with Crippen molar-refractivity contribution in [1.29, 1.82) is 0 Å². The van der Waals surface area contributed by atoms with Crippen LogP contribution in [-0.4, -0.2) is 23.9 Å². The van der Waals surface area contributed by atoms with Gasteiger partial charge in [0.25, 0.3) is 0 Å². The van der Waals surface area contributed by atoms with Crippen LogP contribution in [0.2, 0.25) is 0 Å². The van der Waals surface area contributed by atoms with E-state index in [1.807, 2.05) is 19.1 Å². The fraction of sp³-hybridized carbons (Fsp3) is 0.625. The highest BCUT2D eigenvalue weighted by Gasteiger charge is 2.15. The molecule has 1 unspecified atom stereocenters. The summed E-state index contributed by atoms with van der Waals surface area (Å²) in [7, 11) is 0. The lowest BCUT2D eigenvalue weighted by atomic mass is 9.99. The second kappa shape index (κ2) is 8.18. The Balaban J connectivity index is 2.26. The molecule has 0 heterocycles. The molecule has 0 spiro atoms. The molecule has 0 amide bonds. The lowest BCUT2D eigenvalue weighted by Gasteiger charge is -2.21. The molecule has 3 heteroatoms. The average Bonchev–Trinajstić information content (AvgIpc) is 2.42. The quantitative estimate of drug-likeness (QED) is 0.675. The van der Waals surface area contributed by atoms with Gasteiger partial charge >= 0.3 is 0 Å². The maximum Gasteiger partial charge on any atom is 0.119 e. The van der Waals surface area contributed by atoms with Gasteiger partial charge in [0.2, 0.25) is 0 Å². The Morgan fingerprint density at radius 2 is 1.89 bits per heavy atom. The van der Waals surface area contributed by atoms with Crippen LogP contribution in [0.25, 0.3) is 0 Å². The maximum atomic E-state index is 9.05. The van der Waals surface area contributed by atoms with Crippen molar-refractivity contribution in [3.8, 4) is 5.75 Å². The van der Waals surface area contributed by atoms with Crippen LogP contribution >= 0.6 is 0 Å². The molecule has 0 aliphatic carbocycles. The van der Waals surface area contributed by atoms with Gasteiger partial charge in [0.05, 0.1) is 13.2 Å². The molecule has 108 valence electrons. The van der Waals surface area contributed by atoms with Gasteiger partial charge < -0.3 is 15.6 Å². The average molecular weight is 265 g/mol. The third kappa shape index (κ3) is 6.60. The molecule has 1 aromatic rings. The molecule has 1 atom stereocenters. The number of hydrogen-bond donors (Lipinski definition) is 2. The molecule has 0 fully saturated rings. The fourth-order valence-electron chi connectivity index (χ4n) is 1.88. The number of ether oxygens (including phenoxy) is 1. The molecule has 0 saturated heterocycles. The van der Waals surface area contributed by atoms with E-state index in [9.17, 15) is 0 Å². The molecular weight excluding hydrogens is 238 g/mol. The number of aliphatic hydroxyl groups is 1. The second-order valence-corrected chi connectivity index (χ2v) is 5.51. The van der Waals surface area contributed by atoms with Gasteiger partial charge in [0.15, 0.2) is 0 Å². The minimum absolute atomic E-state index is 0.0130. The van der Waals surface area contributed by atoms with Crippen LogP contribution < -0.4 is 10.5 Å². The lowest BCUT2D eigenvalue weighted by molar-refractivity contribution is 0.188. The van der Waals surface area contributed by atoms with Gasteiger partial charge in [-0.05, 0) is 50.3 Å². The second-order valence-electron chi connectivity index (χ2n) is 5.51. The molecule has 0 radical (unpaired) electrons. The van der Waals surface area contributed by atoms with Crippen LogP contribution in [0.3, 0.4) is 0 Å². The first-order chi connectivity index (χ1) is 9.07. The summed E-state index contributed by atoms with van der Waals surface area (Å²) in [6, 6.07) is 8.31. The summed E-state index contributed by atoms with van der Waals surface area (Å²) < 4.78 is 5.67. The van der Waals surface area contributed by atoms with E-state index < -0.39 is 5.54 Å². The Morgan fingerprint density at radius 3 is 2.47 bits per heavy atom. The van der Waals surface area contributed by atoms with Gasteiger partial charge in [0, 0.05) is 5.54 Å². The molecule has 3 nitrogen and oxygen atoms in total. The van der Waals surface area contributed by atoms with E-state index in [0.717, 1.165) is 25.0 Å². The first kappa shape index (κ1) is 16.0. The molecule has 0 bridgehead atoms. The van der Waals surface area contributed by atoms with Crippen molar-refractivity contribution < 1.29 is 9.84 Å². The summed E-state index contributed by atoms with van der Waals surface area (Å²) in [5.74, 6) is 0.906. The summed E-state index contributed by atoms with van der Waals surface area (Å²) in [6.45, 7) is 4.71. The standard InChI is InChI=1S/C16H27NO2/c1-3-4-6-14-7-9-15(10-8-14)19-12-5-11-16(2,17)13-18/h7-10,18H,3-6,11-13,17H2,1-2H3. The van der Waals surface area contributed by atoms with Crippen molar-refractivity contribution in [2.24, 2.45) is 5.73 Å². The van der Waals surface area contributed by atoms with Crippen molar-refractivity contribution in [1.82, 2.24) is 0 Å². The van der Waals surface area contributed by atoms with Crippen LogP contribution in [0.1, 0.15) is 45.1 Å². The van der Waals surface area contributed by atoms with Crippen molar-refractivity contribution in [2.75, 3.05) is 13.2 Å². The van der Waals surface area contributed by atoms with Gasteiger partial charge in [-0.1, -0.05) is 25.5 Å². The van der Waals surface area contributed by atoms with Crippen molar-refractivity contribution in [2.45, 2.75) is 51.5 Å². The highest BCUT2D eigenvalue weighted by Crippen LogP contribution is 2.15. The van der Waals surface area contributed by atoms with Crippen LogP contribution in [0.4, 0.5) is 0 Å². The zero-order valence-corrected chi connectivity index (χ0v) is 12.2. The number of unbranched alkanes of at least 4 members (excludes halogenated alkanes) is 1. The van der Waals surface area contributed by atoms with Crippen molar-refractivity contribution in [3.63, 3.8) is 0 Å². The van der Waals surface area contributed by atoms with Gasteiger partial charge in [-0.15, -0.1) is 0 Å². The maximum absolute atomic E-state index is 9.05. The Hall–Kier alpha value is -1.06. The minimum atomic E-state index is -0.493. The Bertz CT molecular complexity index is 346. The zero-order chi connectivity index (χ0) is 14.1. The predicted molar refractivity (Wildman–Crippen MR) is 79.5 cm³/mol. The third-order valence-electron chi connectivity index (χ3n) is 3.26. The minimum Gasteiger partial charge on any atom is -0.494 e. The van der Waals surface area contributed by atoms with E-state index in [2.05, 4.69) is 19.1 Å². The third-order valence-corrected chi connectivity index (χ3v) is 3.26. The summed E-state index contributed by atoms with van der Waals surface area (Å²) >= 11 is 0. The van der Waals surface area contributed by atoms with E-state index in [1.165, 1.54) is 18.4 Å². The van der Waals surface area contributed by atoms with E-state index >= 15 is 0 Å². The van der Waals surface area contributed by atoms with Crippen LogP contribution in [-0.2, 0) is 6.42 Å². The smallest absolute Gasteiger partial charge is 0.119 e. The fourth-order valence-corrected chi connectivity index (χ4v) is 1.88.